The second kappa shape index (κ2) is 18.0. The molecule has 2 aromatic heterocycles. The molecule has 2 aromatic carbocycles. The molecule has 15 heteroatoms. The molecule has 14 nitrogen and oxygen atoms in total. The van der Waals surface area contributed by atoms with Crippen LogP contribution in [-0.2, 0) is 42.8 Å². The molecule has 9 rings (SSSR count). The fourth-order valence-electron chi connectivity index (χ4n) is 9.20. The van der Waals surface area contributed by atoms with Gasteiger partial charge in [-0.25, -0.2) is 9.97 Å². The maximum absolute atomic E-state index is 13.2. The highest BCUT2D eigenvalue weighted by Crippen LogP contribution is 2.37. The van der Waals surface area contributed by atoms with E-state index in [0.717, 1.165) is 106 Å². The van der Waals surface area contributed by atoms with Crippen LogP contribution in [0.3, 0.4) is 0 Å². The summed E-state index contributed by atoms with van der Waals surface area (Å²) in [6.45, 7) is 7.89. The molecule has 316 valence electrons. The van der Waals surface area contributed by atoms with Crippen LogP contribution in [0.2, 0.25) is 5.02 Å². The standard InChI is InChI=1S/C45H55ClN10O4/c1-53-39(23-29-5-6-29)35(24-49-53)42-37(46)25-48-45(52-42)50-33-13-11-32(12-14-33)47-17-18-54-19-21-55(22-20-54)26-30-7-9-31(10-8-30)28-60-40-4-2-3-34-36(40)27-56(44(34)59)38-15-16-41(57)51-43(38)58/h2-4,7-10,24-25,29,32-33,38,47H,5-6,11-23,26-28H2,1H3,(H,48,50,52)(H,51,57,58). The Bertz CT molecular complexity index is 2190. The molecule has 2 saturated heterocycles. The van der Waals surface area contributed by atoms with Crippen LogP contribution in [0.1, 0.15) is 84.1 Å². The van der Waals surface area contributed by atoms with Crippen molar-refractivity contribution in [1.29, 1.82) is 0 Å². The Kier molecular flexibility index (Phi) is 12.1. The highest BCUT2D eigenvalue weighted by molar-refractivity contribution is 6.33. The highest BCUT2D eigenvalue weighted by atomic mass is 35.5. The molecule has 2 aliphatic carbocycles. The summed E-state index contributed by atoms with van der Waals surface area (Å²) in [6.07, 6.45) is 12.2. The van der Waals surface area contributed by atoms with Gasteiger partial charge in [-0.2, -0.15) is 5.10 Å². The topological polar surface area (TPSA) is 150 Å². The van der Waals surface area contributed by atoms with E-state index in [-0.39, 0.29) is 24.8 Å². The Labute approximate surface area is 356 Å². The van der Waals surface area contributed by atoms with Crippen molar-refractivity contribution in [1.82, 2.24) is 45.1 Å². The molecule has 5 aliphatic rings. The van der Waals surface area contributed by atoms with Crippen LogP contribution in [0.4, 0.5) is 5.95 Å². The van der Waals surface area contributed by atoms with Crippen molar-refractivity contribution in [3.63, 3.8) is 0 Å². The number of imide groups is 1. The van der Waals surface area contributed by atoms with Gasteiger partial charge in [0.25, 0.3) is 5.91 Å². The number of hydrogen-bond donors (Lipinski definition) is 3. The number of carbonyl (C=O) groups is 3. The number of fused-ring (bicyclic) bond motifs is 1. The molecule has 0 spiro atoms. The van der Waals surface area contributed by atoms with Gasteiger partial charge in [0.15, 0.2) is 0 Å². The molecular formula is C45H55ClN10O4. The minimum absolute atomic E-state index is 0.200. The first-order valence-electron chi connectivity index (χ1n) is 21.7. The number of ether oxygens (including phenoxy) is 1. The lowest BCUT2D eigenvalue weighted by molar-refractivity contribution is -0.136. The van der Waals surface area contributed by atoms with Gasteiger partial charge in [-0.15, -0.1) is 0 Å². The molecule has 3 amide bonds. The van der Waals surface area contributed by atoms with Gasteiger partial charge in [0.2, 0.25) is 17.8 Å². The molecule has 1 atom stereocenters. The third kappa shape index (κ3) is 9.36. The SMILES string of the molecule is Cn1ncc(-c2nc(NC3CCC(NCCN4CCN(Cc5ccc(COc6cccc7c6CN(C6CCC(=O)NC6=O)C7=O)cc5)CC4)CC3)ncc2Cl)c1CC1CC1. The average molecular weight is 835 g/mol. The number of amides is 3. The molecule has 0 bridgehead atoms. The lowest BCUT2D eigenvalue weighted by atomic mass is 9.91. The molecule has 4 fully saturated rings. The van der Waals surface area contributed by atoms with Gasteiger partial charge in [-0.05, 0) is 80.5 Å². The lowest BCUT2D eigenvalue weighted by Gasteiger charge is -2.35. The third-order valence-corrected chi connectivity index (χ3v) is 13.3. The molecular weight excluding hydrogens is 780 g/mol. The third-order valence-electron chi connectivity index (χ3n) is 13.0. The zero-order valence-electron chi connectivity index (χ0n) is 34.4. The van der Waals surface area contributed by atoms with E-state index in [1.165, 1.54) is 24.1 Å². The Balaban J connectivity index is 0.668. The fraction of sp³-hybridized carbons (Fsp3) is 0.511. The van der Waals surface area contributed by atoms with E-state index >= 15 is 0 Å². The van der Waals surface area contributed by atoms with Gasteiger partial charge < -0.3 is 20.3 Å². The number of halogens is 1. The van der Waals surface area contributed by atoms with Crippen molar-refractivity contribution in [3.8, 4) is 17.0 Å². The number of nitrogens with zero attached hydrogens (tertiary/aromatic N) is 7. The zero-order chi connectivity index (χ0) is 41.2. The summed E-state index contributed by atoms with van der Waals surface area (Å²) >= 11 is 6.61. The summed E-state index contributed by atoms with van der Waals surface area (Å²) in [5, 5.41) is 14.9. The summed E-state index contributed by atoms with van der Waals surface area (Å²) in [6, 6.07) is 14.3. The molecule has 5 heterocycles. The Morgan fingerprint density at radius 3 is 2.38 bits per heavy atom. The molecule has 3 N–H and O–H groups in total. The number of aryl methyl sites for hydroxylation is 1. The van der Waals surface area contributed by atoms with Crippen LogP contribution < -0.4 is 20.7 Å². The van der Waals surface area contributed by atoms with Crippen molar-refractivity contribution in [2.75, 3.05) is 44.6 Å². The average Bonchev–Trinajstić information content (AvgIpc) is 3.93. The van der Waals surface area contributed by atoms with Crippen LogP contribution >= 0.6 is 11.6 Å². The number of aromatic nitrogens is 4. The molecule has 4 aromatic rings. The number of rotatable bonds is 15. The number of piperazine rings is 1. The summed E-state index contributed by atoms with van der Waals surface area (Å²) in [7, 11) is 2.00. The van der Waals surface area contributed by atoms with Gasteiger partial charge in [0.1, 0.15) is 18.4 Å². The van der Waals surface area contributed by atoms with Gasteiger partial charge in [0, 0.05) is 93.7 Å². The molecule has 0 radical (unpaired) electrons. The van der Waals surface area contributed by atoms with Gasteiger partial charge in [0.05, 0.1) is 29.7 Å². The number of piperidine rings is 1. The van der Waals surface area contributed by atoms with E-state index in [0.29, 0.717) is 47.4 Å². The predicted octanol–water partition coefficient (Wildman–Crippen LogP) is 4.95. The van der Waals surface area contributed by atoms with Crippen LogP contribution in [0.25, 0.3) is 11.3 Å². The van der Waals surface area contributed by atoms with E-state index in [4.69, 9.17) is 21.3 Å². The van der Waals surface area contributed by atoms with Crippen LogP contribution in [0, 0.1) is 5.92 Å². The first kappa shape index (κ1) is 40.5. The van der Waals surface area contributed by atoms with E-state index < -0.39 is 11.9 Å². The van der Waals surface area contributed by atoms with Gasteiger partial charge in [-0.3, -0.25) is 34.2 Å². The summed E-state index contributed by atoms with van der Waals surface area (Å²) in [5.74, 6) is 1.12. The van der Waals surface area contributed by atoms with Crippen molar-refractivity contribution in [2.45, 2.75) is 95.6 Å². The Hall–Kier alpha value is -4.89. The Morgan fingerprint density at radius 2 is 1.62 bits per heavy atom. The predicted molar refractivity (Wildman–Crippen MR) is 228 cm³/mol. The van der Waals surface area contributed by atoms with Crippen LogP contribution in [-0.4, -0.2) is 110 Å². The second-order valence-electron chi connectivity index (χ2n) is 17.2. The van der Waals surface area contributed by atoms with Gasteiger partial charge in [-0.1, -0.05) is 41.9 Å². The minimum atomic E-state index is -0.648. The minimum Gasteiger partial charge on any atom is -0.489 e. The Morgan fingerprint density at radius 1 is 0.867 bits per heavy atom. The van der Waals surface area contributed by atoms with Crippen molar-refractivity contribution in [2.24, 2.45) is 13.0 Å². The smallest absolute Gasteiger partial charge is 0.255 e. The number of benzene rings is 2. The summed E-state index contributed by atoms with van der Waals surface area (Å²) < 4.78 is 8.19. The molecule has 1 unspecified atom stereocenters. The largest absolute Gasteiger partial charge is 0.489 e. The van der Waals surface area contributed by atoms with E-state index in [9.17, 15) is 14.4 Å². The summed E-state index contributed by atoms with van der Waals surface area (Å²) in [5.41, 5.74) is 6.64. The molecule has 2 saturated carbocycles. The monoisotopic (exact) mass is 834 g/mol. The van der Waals surface area contributed by atoms with Crippen LogP contribution in [0.5, 0.6) is 5.75 Å². The molecule has 3 aliphatic heterocycles. The second-order valence-corrected chi connectivity index (χ2v) is 17.6. The van der Waals surface area contributed by atoms with E-state index in [1.807, 2.05) is 30.1 Å². The maximum atomic E-state index is 13.2. The first-order valence-corrected chi connectivity index (χ1v) is 22.1. The number of nitrogens with one attached hydrogen (secondary N) is 3. The van der Waals surface area contributed by atoms with Crippen molar-refractivity contribution in [3.05, 3.63) is 87.8 Å². The highest BCUT2D eigenvalue weighted by Gasteiger charge is 2.40. The zero-order valence-corrected chi connectivity index (χ0v) is 35.1. The fourth-order valence-corrected chi connectivity index (χ4v) is 9.39. The maximum Gasteiger partial charge on any atom is 0.255 e. The van der Waals surface area contributed by atoms with Crippen LogP contribution in [0.15, 0.2) is 54.9 Å². The quantitative estimate of drug-likeness (QED) is 0.140. The number of hydrogen-bond acceptors (Lipinski definition) is 11. The van der Waals surface area contributed by atoms with Crippen molar-refractivity contribution >= 4 is 35.3 Å². The van der Waals surface area contributed by atoms with E-state index in [2.05, 4.69) is 60.1 Å². The van der Waals surface area contributed by atoms with Crippen molar-refractivity contribution < 1.29 is 19.1 Å². The number of anilines is 1. The normalized spacial score (nSPS) is 22.5. The van der Waals surface area contributed by atoms with Gasteiger partial charge >= 0.3 is 0 Å². The summed E-state index contributed by atoms with van der Waals surface area (Å²) in [4.78, 5) is 53.3. The number of carbonyl (C=O) groups excluding carboxylic acids is 3. The lowest BCUT2D eigenvalue weighted by Crippen LogP contribution is -2.52. The molecule has 60 heavy (non-hydrogen) atoms. The first-order chi connectivity index (χ1) is 29.2. The van der Waals surface area contributed by atoms with E-state index in [1.54, 1.807) is 17.2 Å².